The van der Waals surface area contributed by atoms with Crippen LogP contribution in [0.3, 0.4) is 0 Å². The highest BCUT2D eigenvalue weighted by Gasteiger charge is 2.26. The minimum Gasteiger partial charge on any atom is -0.450 e. The summed E-state index contributed by atoms with van der Waals surface area (Å²) in [5.74, 6) is 0.495. The molecule has 7 nitrogen and oxygen atoms in total. The number of rotatable bonds is 7. The molecule has 0 radical (unpaired) electrons. The maximum atomic E-state index is 12.6. The van der Waals surface area contributed by atoms with Gasteiger partial charge < -0.3 is 4.74 Å². The van der Waals surface area contributed by atoms with Gasteiger partial charge in [-0.15, -0.1) is 0 Å². The van der Waals surface area contributed by atoms with E-state index in [4.69, 9.17) is 4.74 Å². The molecule has 2 rings (SSSR count). The van der Waals surface area contributed by atoms with Crippen LogP contribution in [-0.2, 0) is 10.0 Å². The van der Waals surface area contributed by atoms with E-state index in [1.807, 2.05) is 26.0 Å². The Morgan fingerprint density at radius 3 is 2.27 bits per heavy atom. The molecule has 0 amide bonds. The average molecular weight is 378 g/mol. The first-order chi connectivity index (χ1) is 12.2. The Balaban J connectivity index is 2.50. The number of sulfonamides is 1. The van der Waals surface area contributed by atoms with Crippen LogP contribution in [0.4, 0.5) is 5.69 Å². The Bertz CT molecular complexity index is 921. The second kappa shape index (κ2) is 7.84. The number of aryl methyl sites for hydroxylation is 2. The molecule has 0 atom stereocenters. The van der Waals surface area contributed by atoms with Crippen LogP contribution < -0.4 is 4.74 Å². The van der Waals surface area contributed by atoms with Crippen molar-refractivity contribution >= 4 is 15.7 Å². The number of benzene rings is 2. The lowest BCUT2D eigenvalue weighted by Crippen LogP contribution is -2.30. The van der Waals surface area contributed by atoms with Crippen LogP contribution in [0.15, 0.2) is 41.3 Å². The molecule has 0 bridgehead atoms. The van der Waals surface area contributed by atoms with Gasteiger partial charge in [0.2, 0.25) is 15.8 Å². The highest BCUT2D eigenvalue weighted by molar-refractivity contribution is 7.89. The summed E-state index contributed by atoms with van der Waals surface area (Å²) in [6.07, 6.45) is 0. The van der Waals surface area contributed by atoms with Gasteiger partial charge in [0.1, 0.15) is 5.75 Å². The van der Waals surface area contributed by atoms with Crippen LogP contribution >= 0.6 is 0 Å². The molecule has 0 unspecified atom stereocenters. The molecule has 8 heteroatoms. The molecule has 26 heavy (non-hydrogen) atoms. The molecule has 0 aliphatic carbocycles. The van der Waals surface area contributed by atoms with Gasteiger partial charge in [-0.1, -0.05) is 26.0 Å². The SMILES string of the molecule is CCN(CC)S(=O)(=O)c1ccc(Oc2cc(C)ccc2C)c([N+](=O)[O-])c1. The van der Waals surface area contributed by atoms with E-state index in [9.17, 15) is 18.5 Å². The number of nitrogens with zero attached hydrogens (tertiary/aromatic N) is 2. The van der Waals surface area contributed by atoms with Crippen LogP contribution in [0.1, 0.15) is 25.0 Å². The number of hydrogen-bond donors (Lipinski definition) is 0. The first kappa shape index (κ1) is 19.9. The van der Waals surface area contributed by atoms with Crippen molar-refractivity contribution in [2.24, 2.45) is 0 Å². The summed E-state index contributed by atoms with van der Waals surface area (Å²) in [5, 5.41) is 11.5. The largest absolute Gasteiger partial charge is 0.450 e. The predicted octanol–water partition coefficient (Wildman–Crippen LogP) is 4.03. The van der Waals surface area contributed by atoms with Crippen molar-refractivity contribution in [3.63, 3.8) is 0 Å². The maximum absolute atomic E-state index is 12.6. The Morgan fingerprint density at radius 2 is 1.69 bits per heavy atom. The molecule has 0 heterocycles. The lowest BCUT2D eigenvalue weighted by atomic mass is 10.1. The Hall–Kier alpha value is -2.45. The van der Waals surface area contributed by atoms with Crippen molar-refractivity contribution in [1.29, 1.82) is 0 Å². The van der Waals surface area contributed by atoms with Gasteiger partial charge in [-0.05, 0) is 43.2 Å². The van der Waals surface area contributed by atoms with Crippen LogP contribution in [0, 0.1) is 24.0 Å². The van der Waals surface area contributed by atoms with E-state index < -0.39 is 14.9 Å². The molecule has 140 valence electrons. The molecule has 0 aliphatic heterocycles. The van der Waals surface area contributed by atoms with Gasteiger partial charge in [0, 0.05) is 19.2 Å². The summed E-state index contributed by atoms with van der Waals surface area (Å²) in [6.45, 7) is 7.72. The average Bonchev–Trinajstić information content (AvgIpc) is 2.59. The van der Waals surface area contributed by atoms with Crippen molar-refractivity contribution in [3.8, 4) is 11.5 Å². The summed E-state index contributed by atoms with van der Waals surface area (Å²) < 4.78 is 32.2. The fraction of sp³-hybridized carbons (Fsp3) is 0.333. The first-order valence-corrected chi connectivity index (χ1v) is 9.68. The Morgan fingerprint density at radius 1 is 1.04 bits per heavy atom. The van der Waals surface area contributed by atoms with Crippen molar-refractivity contribution in [2.45, 2.75) is 32.6 Å². The number of nitro benzene ring substituents is 1. The van der Waals surface area contributed by atoms with E-state index in [1.54, 1.807) is 19.9 Å². The molecular weight excluding hydrogens is 356 g/mol. The molecule has 2 aromatic carbocycles. The molecule has 0 saturated heterocycles. The van der Waals surface area contributed by atoms with E-state index in [-0.39, 0.29) is 29.4 Å². The van der Waals surface area contributed by atoms with Crippen molar-refractivity contribution in [1.82, 2.24) is 4.31 Å². The zero-order valence-electron chi connectivity index (χ0n) is 15.2. The third-order valence-corrected chi connectivity index (χ3v) is 6.08. The van der Waals surface area contributed by atoms with Gasteiger partial charge >= 0.3 is 5.69 Å². The summed E-state index contributed by atoms with van der Waals surface area (Å²) in [7, 11) is -3.79. The molecule has 0 N–H and O–H groups in total. The standard InChI is InChI=1S/C18H22N2O5S/c1-5-19(6-2)26(23,24)15-9-10-17(16(12-15)20(21)22)25-18-11-13(3)7-8-14(18)4/h7-12H,5-6H2,1-4H3. The lowest BCUT2D eigenvalue weighted by Gasteiger charge is -2.18. The fourth-order valence-electron chi connectivity index (χ4n) is 2.53. The van der Waals surface area contributed by atoms with Crippen LogP contribution in [-0.4, -0.2) is 30.7 Å². The normalized spacial score (nSPS) is 11.6. The van der Waals surface area contributed by atoms with E-state index in [1.165, 1.54) is 16.4 Å². The van der Waals surface area contributed by atoms with Crippen LogP contribution in [0.25, 0.3) is 0 Å². The molecular formula is C18H22N2O5S. The smallest absolute Gasteiger partial charge is 0.312 e. The van der Waals surface area contributed by atoms with Gasteiger partial charge in [0.05, 0.1) is 9.82 Å². The molecule has 2 aromatic rings. The summed E-state index contributed by atoms with van der Waals surface area (Å²) in [4.78, 5) is 10.7. The second-order valence-electron chi connectivity index (χ2n) is 5.85. The van der Waals surface area contributed by atoms with Crippen LogP contribution in [0.5, 0.6) is 11.5 Å². The predicted molar refractivity (Wildman–Crippen MR) is 99.2 cm³/mol. The molecule has 0 fully saturated rings. The highest BCUT2D eigenvalue weighted by atomic mass is 32.2. The molecule has 0 aromatic heterocycles. The third kappa shape index (κ3) is 4.03. The van der Waals surface area contributed by atoms with Crippen LogP contribution in [0.2, 0.25) is 0 Å². The monoisotopic (exact) mass is 378 g/mol. The van der Waals surface area contributed by atoms with E-state index in [2.05, 4.69) is 0 Å². The number of nitro groups is 1. The van der Waals surface area contributed by atoms with Gasteiger partial charge in [0.15, 0.2) is 0 Å². The van der Waals surface area contributed by atoms with Crippen molar-refractivity contribution in [2.75, 3.05) is 13.1 Å². The van der Waals surface area contributed by atoms with E-state index >= 15 is 0 Å². The van der Waals surface area contributed by atoms with Gasteiger partial charge in [-0.3, -0.25) is 10.1 Å². The first-order valence-electron chi connectivity index (χ1n) is 8.24. The maximum Gasteiger partial charge on any atom is 0.312 e. The number of ether oxygens (including phenoxy) is 1. The third-order valence-electron chi connectivity index (χ3n) is 4.03. The zero-order valence-corrected chi connectivity index (χ0v) is 16.0. The Kier molecular flexibility index (Phi) is 5.99. The van der Waals surface area contributed by atoms with Crippen molar-refractivity contribution in [3.05, 3.63) is 57.6 Å². The quantitative estimate of drug-likeness (QED) is 0.536. The lowest BCUT2D eigenvalue weighted by molar-refractivity contribution is -0.385. The van der Waals surface area contributed by atoms with Gasteiger partial charge in [-0.2, -0.15) is 4.31 Å². The van der Waals surface area contributed by atoms with Gasteiger partial charge in [0.25, 0.3) is 0 Å². The van der Waals surface area contributed by atoms with E-state index in [0.717, 1.165) is 17.2 Å². The fourth-order valence-corrected chi connectivity index (χ4v) is 4.01. The zero-order chi connectivity index (χ0) is 19.5. The summed E-state index contributed by atoms with van der Waals surface area (Å²) >= 11 is 0. The second-order valence-corrected chi connectivity index (χ2v) is 7.78. The topological polar surface area (TPSA) is 89.8 Å². The minimum absolute atomic E-state index is 0.00203. The van der Waals surface area contributed by atoms with Gasteiger partial charge in [-0.25, -0.2) is 8.42 Å². The molecule has 0 saturated carbocycles. The molecule has 0 spiro atoms. The minimum atomic E-state index is -3.79. The number of hydrogen-bond acceptors (Lipinski definition) is 5. The van der Waals surface area contributed by atoms with E-state index in [0.29, 0.717) is 5.75 Å². The highest BCUT2D eigenvalue weighted by Crippen LogP contribution is 2.35. The Labute approximate surface area is 153 Å². The molecule has 0 aliphatic rings. The summed E-state index contributed by atoms with van der Waals surface area (Å²) in [5.41, 5.74) is 1.39. The summed E-state index contributed by atoms with van der Waals surface area (Å²) in [6, 6.07) is 9.26. The van der Waals surface area contributed by atoms with Crippen molar-refractivity contribution < 1.29 is 18.1 Å².